The number of nitrogens with zero attached hydrogens (tertiary/aromatic N) is 3. The molecule has 0 fully saturated rings. The molecule has 10 heteroatoms. The van der Waals surface area contributed by atoms with Gasteiger partial charge in [-0.2, -0.15) is 5.10 Å². The van der Waals surface area contributed by atoms with Gasteiger partial charge < -0.3 is 15.5 Å². The number of carbonyl (C=O) groups is 1. The van der Waals surface area contributed by atoms with E-state index >= 15 is 0 Å². The van der Waals surface area contributed by atoms with E-state index in [0.29, 0.717) is 13.0 Å². The van der Waals surface area contributed by atoms with Crippen LogP contribution >= 0.6 is 11.6 Å². The third-order valence-corrected chi connectivity index (χ3v) is 4.54. The van der Waals surface area contributed by atoms with Gasteiger partial charge in [0, 0.05) is 13.0 Å². The first-order valence-electron chi connectivity index (χ1n) is 8.49. The second-order valence-corrected chi connectivity index (χ2v) is 6.41. The molecule has 28 heavy (non-hydrogen) atoms. The minimum atomic E-state index is -0.912. The van der Waals surface area contributed by atoms with E-state index in [1.54, 1.807) is 13.0 Å². The van der Waals surface area contributed by atoms with E-state index in [4.69, 9.17) is 11.6 Å². The van der Waals surface area contributed by atoms with Crippen molar-refractivity contribution in [2.45, 2.75) is 32.9 Å². The monoisotopic (exact) mass is 410 g/mol. The summed E-state index contributed by atoms with van der Waals surface area (Å²) in [5, 5.41) is 25.9. The zero-order chi connectivity index (χ0) is 20.4. The summed E-state index contributed by atoms with van der Waals surface area (Å²) in [5.41, 5.74) is -0.733. The van der Waals surface area contributed by atoms with Gasteiger partial charge in [-0.3, -0.25) is 4.79 Å². The molecular formula is C18H17ClF2N4O3. The van der Waals surface area contributed by atoms with Crippen LogP contribution in [0.2, 0.25) is 0 Å². The molecule has 0 spiro atoms. The molecule has 148 valence electrons. The van der Waals surface area contributed by atoms with Crippen LogP contribution in [0.3, 0.4) is 0 Å². The predicted molar refractivity (Wildman–Crippen MR) is 97.4 cm³/mol. The number of hydrogen-bond donors (Lipinski definition) is 3. The van der Waals surface area contributed by atoms with Crippen molar-refractivity contribution in [1.29, 1.82) is 0 Å². The Kier molecular flexibility index (Phi) is 5.76. The number of aromatic hydroxyl groups is 1. The Morgan fingerprint density at radius 2 is 2.14 bits per heavy atom. The van der Waals surface area contributed by atoms with Crippen LogP contribution in [0.5, 0.6) is 5.75 Å². The summed E-state index contributed by atoms with van der Waals surface area (Å²) in [4.78, 5) is 16.4. The first kappa shape index (κ1) is 20.0. The number of amides is 1. The quantitative estimate of drug-likeness (QED) is 0.703. The molecule has 0 saturated carbocycles. The summed E-state index contributed by atoms with van der Waals surface area (Å²) in [7, 11) is 0. The van der Waals surface area contributed by atoms with Crippen LogP contribution in [-0.2, 0) is 13.2 Å². The highest BCUT2D eigenvalue weighted by molar-refractivity contribution is 6.32. The number of phenolic OH excluding ortho intramolecular Hbond substituents is 1. The van der Waals surface area contributed by atoms with Gasteiger partial charge in [0.15, 0.2) is 11.6 Å². The van der Waals surface area contributed by atoms with E-state index in [1.165, 1.54) is 4.68 Å². The van der Waals surface area contributed by atoms with Gasteiger partial charge >= 0.3 is 0 Å². The molecule has 1 heterocycles. The average molecular weight is 411 g/mol. The van der Waals surface area contributed by atoms with Crippen molar-refractivity contribution in [3.05, 3.63) is 52.0 Å². The van der Waals surface area contributed by atoms with Crippen LogP contribution in [-0.4, -0.2) is 30.9 Å². The minimum Gasteiger partial charge on any atom is -0.507 e. The summed E-state index contributed by atoms with van der Waals surface area (Å²) >= 11 is 5.90. The smallest absolute Gasteiger partial charge is 0.259 e. The molecule has 1 aromatic heterocycles. The maximum Gasteiger partial charge on any atom is 0.259 e. The highest BCUT2D eigenvalue weighted by Crippen LogP contribution is 2.30. The van der Waals surface area contributed by atoms with Crippen LogP contribution in [0.1, 0.15) is 35.9 Å². The maximum atomic E-state index is 14.6. The van der Waals surface area contributed by atoms with E-state index in [0.717, 1.165) is 12.1 Å². The van der Waals surface area contributed by atoms with E-state index in [-0.39, 0.29) is 41.0 Å². The normalized spacial score (nSPS) is 14.2. The van der Waals surface area contributed by atoms with Gasteiger partial charge in [-0.15, -0.1) is 0 Å². The van der Waals surface area contributed by atoms with Crippen molar-refractivity contribution in [3.8, 4) is 17.1 Å². The summed E-state index contributed by atoms with van der Waals surface area (Å²) in [6, 6.07) is 1.81. The fourth-order valence-corrected chi connectivity index (χ4v) is 3.02. The number of phenols is 1. The van der Waals surface area contributed by atoms with E-state index < -0.39 is 28.9 Å². The lowest BCUT2D eigenvalue weighted by Gasteiger charge is -2.15. The zero-order valence-electron chi connectivity index (χ0n) is 14.8. The van der Waals surface area contributed by atoms with Crippen molar-refractivity contribution < 1.29 is 23.8 Å². The molecule has 0 unspecified atom stereocenters. The highest BCUT2D eigenvalue weighted by Gasteiger charge is 2.23. The van der Waals surface area contributed by atoms with Gasteiger partial charge in [0.1, 0.15) is 24.0 Å². The molecular weight excluding hydrogens is 394 g/mol. The third kappa shape index (κ3) is 3.76. The molecule has 0 saturated heterocycles. The van der Waals surface area contributed by atoms with Gasteiger partial charge in [-0.25, -0.2) is 18.4 Å². The predicted octanol–water partition coefficient (Wildman–Crippen LogP) is 3.13. The Morgan fingerprint density at radius 3 is 2.75 bits per heavy atom. The Hall–Kier alpha value is -2.78. The third-order valence-electron chi connectivity index (χ3n) is 4.20. The molecule has 1 aliphatic carbocycles. The number of nitrogens with one attached hydrogen (secondary N) is 1. The van der Waals surface area contributed by atoms with Crippen LogP contribution in [0.25, 0.3) is 11.4 Å². The topological polar surface area (TPSA) is 100 Å². The zero-order valence-corrected chi connectivity index (χ0v) is 15.6. The summed E-state index contributed by atoms with van der Waals surface area (Å²) < 4.78 is 29.9. The van der Waals surface area contributed by atoms with E-state index in [9.17, 15) is 23.8 Å². The molecule has 1 aromatic carbocycles. The fraction of sp³-hybridized carbons (Fsp3) is 0.278. The summed E-state index contributed by atoms with van der Waals surface area (Å²) in [5.74, 6) is -2.71. The van der Waals surface area contributed by atoms with Crippen molar-refractivity contribution in [2.75, 3.05) is 0 Å². The van der Waals surface area contributed by atoms with Gasteiger partial charge in [0.05, 0.1) is 21.9 Å². The van der Waals surface area contributed by atoms with Gasteiger partial charge in [0.2, 0.25) is 0 Å². The van der Waals surface area contributed by atoms with Crippen molar-refractivity contribution >= 4 is 17.5 Å². The second kappa shape index (κ2) is 8.07. The SMILES string of the molecule is CCn1nc(-c2cc(O)c(C(=O)NC3=C(F)CCC=C3Cl)cc2F)nc1CO. The number of allylic oxidation sites excluding steroid dienone is 3. The van der Waals surface area contributed by atoms with Crippen LogP contribution in [0.4, 0.5) is 8.78 Å². The van der Waals surface area contributed by atoms with Gasteiger partial charge in [-0.1, -0.05) is 17.7 Å². The Bertz CT molecular complexity index is 979. The van der Waals surface area contributed by atoms with E-state index in [1.807, 2.05) is 0 Å². The molecule has 3 rings (SSSR count). The lowest BCUT2D eigenvalue weighted by Crippen LogP contribution is -2.25. The number of carbonyl (C=O) groups excluding carboxylic acids is 1. The first-order valence-corrected chi connectivity index (χ1v) is 8.87. The fourth-order valence-electron chi connectivity index (χ4n) is 2.76. The van der Waals surface area contributed by atoms with Crippen molar-refractivity contribution in [3.63, 3.8) is 0 Å². The maximum absolute atomic E-state index is 14.6. The van der Waals surface area contributed by atoms with Gasteiger partial charge in [0.25, 0.3) is 5.91 Å². The molecule has 3 N–H and O–H groups in total. The molecule has 0 radical (unpaired) electrons. The molecule has 7 nitrogen and oxygen atoms in total. The number of aliphatic hydroxyl groups is 1. The summed E-state index contributed by atoms with van der Waals surface area (Å²) in [6.45, 7) is 1.80. The van der Waals surface area contributed by atoms with Crippen LogP contribution in [0, 0.1) is 5.82 Å². The van der Waals surface area contributed by atoms with Crippen molar-refractivity contribution in [1.82, 2.24) is 20.1 Å². The van der Waals surface area contributed by atoms with Gasteiger partial charge in [-0.05, 0) is 25.5 Å². The number of rotatable bonds is 5. The number of aliphatic hydroxyl groups excluding tert-OH is 1. The lowest BCUT2D eigenvalue weighted by atomic mass is 10.1. The molecule has 1 aliphatic rings. The Labute approximate surface area is 164 Å². The number of hydrogen-bond acceptors (Lipinski definition) is 5. The van der Waals surface area contributed by atoms with Crippen LogP contribution in [0.15, 0.2) is 34.8 Å². The number of aryl methyl sites for hydroxylation is 1. The van der Waals surface area contributed by atoms with E-state index in [2.05, 4.69) is 15.4 Å². The average Bonchev–Trinajstić information content (AvgIpc) is 3.09. The summed E-state index contributed by atoms with van der Waals surface area (Å²) in [6.07, 6.45) is 2.05. The molecule has 2 aromatic rings. The number of benzene rings is 1. The molecule has 0 atom stereocenters. The molecule has 0 bridgehead atoms. The van der Waals surface area contributed by atoms with Crippen LogP contribution < -0.4 is 5.32 Å². The van der Waals surface area contributed by atoms with Crippen molar-refractivity contribution in [2.24, 2.45) is 0 Å². The number of aromatic nitrogens is 3. The largest absolute Gasteiger partial charge is 0.507 e. The standard InChI is InChI=1S/C18H17ClF2N4O3/c1-2-25-15(8-26)22-17(24-25)9-7-14(27)10(6-13(9)21)18(28)23-16-11(19)4-3-5-12(16)20/h4,6-7,26-27H,2-3,5,8H2,1H3,(H,23,28). The first-order chi connectivity index (χ1) is 13.3. The lowest BCUT2D eigenvalue weighted by molar-refractivity contribution is 0.0962. The molecule has 1 amide bonds. The Morgan fingerprint density at radius 1 is 1.39 bits per heavy atom. The number of halogens is 3. The molecule has 0 aliphatic heterocycles. The highest BCUT2D eigenvalue weighted by atomic mass is 35.5. The minimum absolute atomic E-state index is 0.0412. The second-order valence-electron chi connectivity index (χ2n) is 6.00. The Balaban J connectivity index is 1.93.